The molecule has 4 aromatic rings. The number of Topliss-reactive ketones (excluding diaryl/α,β-unsaturated/α-hetero) is 1. The van der Waals surface area contributed by atoms with Crippen molar-refractivity contribution in [3.05, 3.63) is 105 Å². The van der Waals surface area contributed by atoms with E-state index in [4.69, 9.17) is 16.3 Å². The Balaban J connectivity index is 1.50. The van der Waals surface area contributed by atoms with Crippen LogP contribution in [0.5, 0.6) is 5.75 Å². The van der Waals surface area contributed by atoms with Gasteiger partial charge in [0.1, 0.15) is 11.5 Å². The third kappa shape index (κ3) is 6.67. The molecule has 11 heteroatoms. The van der Waals surface area contributed by atoms with Crippen molar-refractivity contribution in [3.63, 3.8) is 0 Å². The predicted molar refractivity (Wildman–Crippen MR) is 167 cm³/mol. The second-order valence-corrected chi connectivity index (χ2v) is 12.7. The number of aromatic nitrogens is 2. The molecule has 0 aliphatic carbocycles. The lowest BCUT2D eigenvalue weighted by molar-refractivity contribution is -0.132. The molecule has 3 aromatic carbocycles. The summed E-state index contributed by atoms with van der Waals surface area (Å²) in [6.45, 7) is 2.69. The average Bonchev–Trinajstić information content (AvgIpc) is 3.55. The number of nitrogens with zero attached hydrogens (tertiary/aromatic N) is 3. The molecule has 1 unspecified atom stereocenters. The Morgan fingerprint density at radius 3 is 2.44 bits per heavy atom. The van der Waals surface area contributed by atoms with Crippen molar-refractivity contribution in [2.24, 2.45) is 0 Å². The molecule has 1 fully saturated rings. The number of ketones is 1. The number of aliphatic hydroxyl groups excluding tert-OH is 1. The van der Waals surface area contributed by atoms with Gasteiger partial charge in [0.25, 0.3) is 5.78 Å². The number of aliphatic hydroxyl groups is 1. The maximum Gasteiger partial charge on any atom is 0.301 e. The van der Waals surface area contributed by atoms with Crippen LogP contribution in [-0.2, 0) is 15.3 Å². The topological polar surface area (TPSA) is 92.6 Å². The molecule has 5 rings (SSSR count). The van der Waals surface area contributed by atoms with Crippen LogP contribution in [0, 0.1) is 0 Å². The van der Waals surface area contributed by atoms with E-state index >= 15 is 0 Å². The number of unbranched alkanes of at least 4 members (excludes halogenated alkanes) is 1. The summed E-state index contributed by atoms with van der Waals surface area (Å²) in [5.41, 5.74) is 2.11. The summed E-state index contributed by atoms with van der Waals surface area (Å²) >= 11 is 12.1. The van der Waals surface area contributed by atoms with Gasteiger partial charge in [0.15, 0.2) is 4.34 Å². The number of ether oxygens (including phenoxy) is 1. The van der Waals surface area contributed by atoms with Crippen molar-refractivity contribution in [2.45, 2.75) is 35.9 Å². The molecule has 0 bridgehead atoms. The second-order valence-electron chi connectivity index (χ2n) is 9.21. The van der Waals surface area contributed by atoms with E-state index in [9.17, 15) is 14.7 Å². The fourth-order valence-corrected chi connectivity index (χ4v) is 6.49. The van der Waals surface area contributed by atoms with E-state index in [1.165, 1.54) is 28.0 Å². The highest BCUT2D eigenvalue weighted by Gasteiger charge is 2.48. The lowest BCUT2D eigenvalue weighted by Crippen LogP contribution is -2.29. The standard InChI is InChI=1S/C30H25BrClN3O4S2/c1-2-3-16-39-23-14-8-19(9-15-23)25-24(26(36)20-6-10-21(31)11-7-20)27(37)28(38)35(25)29-33-34-30(41-29)40-17-18-4-12-22(32)13-5-18/h4-15,25,36H,2-3,16-17H2,1H3/b26-24-. The van der Waals surface area contributed by atoms with E-state index in [2.05, 4.69) is 33.1 Å². The SMILES string of the molecule is CCCCOc1ccc(C2/C(=C(/O)c3ccc(Br)cc3)C(=O)C(=O)N2c2nnc(SCc3ccc(Cl)cc3)s2)cc1. The lowest BCUT2D eigenvalue weighted by atomic mass is 9.95. The van der Waals surface area contributed by atoms with E-state index in [0.717, 1.165) is 22.9 Å². The van der Waals surface area contributed by atoms with Gasteiger partial charge >= 0.3 is 5.91 Å². The fraction of sp³-hybridized carbons (Fsp3) is 0.200. The van der Waals surface area contributed by atoms with Gasteiger partial charge in [-0.15, -0.1) is 10.2 Å². The molecule has 1 saturated heterocycles. The number of benzene rings is 3. The van der Waals surface area contributed by atoms with E-state index in [0.29, 0.717) is 38.6 Å². The molecule has 2 heterocycles. The number of anilines is 1. The lowest BCUT2D eigenvalue weighted by Gasteiger charge is -2.22. The fourth-order valence-electron chi connectivity index (χ4n) is 4.27. The summed E-state index contributed by atoms with van der Waals surface area (Å²) in [4.78, 5) is 28.2. The molecule has 1 amide bonds. The van der Waals surface area contributed by atoms with Gasteiger partial charge in [-0.2, -0.15) is 0 Å². The Morgan fingerprint density at radius 2 is 1.76 bits per heavy atom. The van der Waals surface area contributed by atoms with E-state index < -0.39 is 17.7 Å². The highest BCUT2D eigenvalue weighted by atomic mass is 79.9. The minimum absolute atomic E-state index is 0.0115. The molecular weight excluding hydrogens is 646 g/mol. The number of carbonyl (C=O) groups is 2. The number of hydrogen-bond donors (Lipinski definition) is 1. The van der Waals surface area contributed by atoms with Crippen molar-refractivity contribution >= 4 is 73.2 Å². The number of rotatable bonds is 10. The number of carbonyl (C=O) groups excluding carboxylic acids is 2. The normalized spacial score (nSPS) is 16.4. The number of amides is 1. The van der Waals surface area contributed by atoms with Crippen LogP contribution in [0.3, 0.4) is 0 Å². The summed E-state index contributed by atoms with van der Waals surface area (Å²) in [6, 6.07) is 20.7. The first-order valence-electron chi connectivity index (χ1n) is 12.9. The van der Waals surface area contributed by atoms with Crippen molar-refractivity contribution in [1.29, 1.82) is 0 Å². The van der Waals surface area contributed by atoms with Crippen LogP contribution in [0.15, 0.2) is 87.2 Å². The van der Waals surface area contributed by atoms with Gasteiger partial charge in [-0.1, -0.05) is 100 Å². The van der Waals surface area contributed by atoms with Crippen LogP contribution in [0.2, 0.25) is 5.02 Å². The molecule has 1 aromatic heterocycles. The Kier molecular flexibility index (Phi) is 9.44. The van der Waals surface area contributed by atoms with Gasteiger partial charge < -0.3 is 9.84 Å². The quantitative estimate of drug-likeness (QED) is 0.0456. The number of thioether (sulfide) groups is 1. The maximum atomic E-state index is 13.5. The molecule has 0 saturated carbocycles. The summed E-state index contributed by atoms with van der Waals surface area (Å²) in [7, 11) is 0. The molecule has 41 heavy (non-hydrogen) atoms. The first-order chi connectivity index (χ1) is 19.9. The maximum absolute atomic E-state index is 13.5. The molecule has 1 aliphatic rings. The van der Waals surface area contributed by atoms with E-state index in [1.54, 1.807) is 48.5 Å². The smallest absolute Gasteiger partial charge is 0.301 e. The van der Waals surface area contributed by atoms with E-state index in [1.807, 2.05) is 24.3 Å². The van der Waals surface area contributed by atoms with Crippen LogP contribution in [-0.4, -0.2) is 33.6 Å². The van der Waals surface area contributed by atoms with Gasteiger partial charge in [-0.3, -0.25) is 14.5 Å². The van der Waals surface area contributed by atoms with Gasteiger partial charge in [-0.25, -0.2) is 0 Å². The first-order valence-corrected chi connectivity index (χ1v) is 15.8. The Morgan fingerprint density at radius 1 is 1.05 bits per heavy atom. The number of halogens is 2. The van der Waals surface area contributed by atoms with Gasteiger partial charge in [0.2, 0.25) is 5.13 Å². The molecule has 1 atom stereocenters. The molecule has 0 spiro atoms. The highest BCUT2D eigenvalue weighted by Crippen LogP contribution is 2.44. The van der Waals surface area contributed by atoms with Crippen LogP contribution in [0.4, 0.5) is 5.13 Å². The summed E-state index contributed by atoms with van der Waals surface area (Å²) in [6.07, 6.45) is 1.95. The summed E-state index contributed by atoms with van der Waals surface area (Å²) in [5.74, 6) is -0.499. The zero-order valence-electron chi connectivity index (χ0n) is 21.9. The molecule has 7 nitrogen and oxygen atoms in total. The third-order valence-electron chi connectivity index (χ3n) is 6.40. The van der Waals surface area contributed by atoms with Crippen molar-refractivity contribution < 1.29 is 19.4 Å². The molecule has 210 valence electrons. The predicted octanol–water partition coefficient (Wildman–Crippen LogP) is 8.05. The Hall–Kier alpha value is -3.18. The third-order valence-corrected chi connectivity index (χ3v) is 9.31. The number of hydrogen-bond acceptors (Lipinski definition) is 8. The molecule has 0 radical (unpaired) electrons. The molecule has 1 aliphatic heterocycles. The van der Waals surface area contributed by atoms with Crippen LogP contribution < -0.4 is 9.64 Å². The van der Waals surface area contributed by atoms with Crippen LogP contribution >= 0.6 is 50.6 Å². The summed E-state index contributed by atoms with van der Waals surface area (Å²) < 4.78 is 7.27. The van der Waals surface area contributed by atoms with Crippen molar-refractivity contribution in [3.8, 4) is 5.75 Å². The van der Waals surface area contributed by atoms with Crippen molar-refractivity contribution in [2.75, 3.05) is 11.5 Å². The first kappa shape index (κ1) is 29.3. The van der Waals surface area contributed by atoms with Gasteiger partial charge in [0, 0.05) is 20.8 Å². The van der Waals surface area contributed by atoms with Crippen molar-refractivity contribution in [1.82, 2.24) is 10.2 Å². The molecular formula is C30H25BrClN3O4S2. The Bertz CT molecular complexity index is 1570. The highest BCUT2D eigenvalue weighted by molar-refractivity contribution is 9.10. The minimum Gasteiger partial charge on any atom is -0.507 e. The Labute approximate surface area is 259 Å². The second kappa shape index (κ2) is 13.2. The van der Waals surface area contributed by atoms with Crippen LogP contribution in [0.1, 0.15) is 42.5 Å². The average molecular weight is 671 g/mol. The van der Waals surface area contributed by atoms with E-state index in [-0.39, 0.29) is 16.5 Å². The molecule has 1 N–H and O–H groups in total. The van der Waals surface area contributed by atoms with Gasteiger partial charge in [0.05, 0.1) is 18.2 Å². The monoisotopic (exact) mass is 669 g/mol. The van der Waals surface area contributed by atoms with Gasteiger partial charge in [-0.05, 0) is 53.9 Å². The summed E-state index contributed by atoms with van der Waals surface area (Å²) in [5, 5.41) is 20.8. The minimum atomic E-state index is -0.898. The zero-order valence-corrected chi connectivity index (χ0v) is 25.9. The van der Waals surface area contributed by atoms with Crippen LogP contribution in [0.25, 0.3) is 5.76 Å². The largest absolute Gasteiger partial charge is 0.507 e. The zero-order chi connectivity index (χ0) is 28.9.